The van der Waals surface area contributed by atoms with Crippen LogP contribution >= 0.6 is 0 Å². The van der Waals surface area contributed by atoms with Gasteiger partial charge < -0.3 is 9.47 Å². The zero-order chi connectivity index (χ0) is 15.1. The maximum Gasteiger partial charge on any atom is 0.385 e. The third kappa shape index (κ3) is 1.85. The number of hydrogen-bond donors (Lipinski definition) is 0. The number of Topliss-reactive ketones (excluding diaryl/α,β-unsaturated/α-hetero) is 1. The second kappa shape index (κ2) is 4.70. The van der Waals surface area contributed by atoms with Crippen molar-refractivity contribution >= 4 is 22.5 Å². The first kappa shape index (κ1) is 12.6. The third-order valence-corrected chi connectivity index (χ3v) is 3.57. The predicted octanol–water partition coefficient (Wildman–Crippen LogP) is 3.73. The number of hydrogen-bond acceptors (Lipinski definition) is 4. The van der Waals surface area contributed by atoms with E-state index in [0.717, 1.165) is 5.39 Å². The van der Waals surface area contributed by atoms with Crippen molar-refractivity contribution in [2.75, 3.05) is 0 Å². The molecule has 4 rings (SSSR count). The van der Waals surface area contributed by atoms with E-state index in [2.05, 4.69) is 0 Å². The standard InChI is InChI=1S/C18H10O4/c19-17-13-9-10-14(21-11-5-2-1-3-6-11)12-7-4-8-15(16(12)13)22-18(17)20/h1-10H. The van der Waals surface area contributed by atoms with Crippen molar-refractivity contribution in [2.45, 2.75) is 0 Å². The van der Waals surface area contributed by atoms with Gasteiger partial charge in [-0.3, -0.25) is 4.79 Å². The molecule has 0 saturated carbocycles. The van der Waals surface area contributed by atoms with E-state index in [1.807, 2.05) is 36.4 Å². The molecule has 4 heteroatoms. The minimum absolute atomic E-state index is 0.349. The van der Waals surface area contributed by atoms with Crippen LogP contribution in [0.1, 0.15) is 10.4 Å². The Balaban J connectivity index is 1.92. The molecule has 0 N–H and O–H groups in total. The van der Waals surface area contributed by atoms with Crippen LogP contribution in [0, 0.1) is 0 Å². The first-order valence-corrected chi connectivity index (χ1v) is 6.79. The largest absolute Gasteiger partial charge is 0.457 e. The Hall–Kier alpha value is -3.14. The van der Waals surface area contributed by atoms with Crippen molar-refractivity contribution in [1.82, 2.24) is 0 Å². The number of ether oxygens (including phenoxy) is 2. The molecule has 22 heavy (non-hydrogen) atoms. The molecule has 0 spiro atoms. The number of carbonyl (C=O) groups excluding carboxylic acids is 2. The first-order chi connectivity index (χ1) is 10.7. The minimum Gasteiger partial charge on any atom is -0.457 e. The Bertz CT molecular complexity index is 913. The van der Waals surface area contributed by atoms with E-state index in [1.165, 1.54) is 0 Å². The van der Waals surface area contributed by atoms with E-state index in [9.17, 15) is 9.59 Å². The summed E-state index contributed by atoms with van der Waals surface area (Å²) < 4.78 is 11.0. The highest BCUT2D eigenvalue weighted by molar-refractivity contribution is 6.45. The summed E-state index contributed by atoms with van der Waals surface area (Å²) >= 11 is 0. The Kier molecular flexibility index (Phi) is 2.69. The van der Waals surface area contributed by atoms with E-state index in [-0.39, 0.29) is 0 Å². The smallest absolute Gasteiger partial charge is 0.385 e. The molecule has 0 bridgehead atoms. The summed E-state index contributed by atoms with van der Waals surface area (Å²) in [7, 11) is 0. The third-order valence-electron chi connectivity index (χ3n) is 3.57. The van der Waals surface area contributed by atoms with Gasteiger partial charge in [0.25, 0.3) is 5.78 Å². The van der Waals surface area contributed by atoms with Gasteiger partial charge in [-0.15, -0.1) is 0 Å². The second-order valence-corrected chi connectivity index (χ2v) is 4.92. The van der Waals surface area contributed by atoms with Crippen LogP contribution in [-0.2, 0) is 4.79 Å². The lowest BCUT2D eigenvalue weighted by molar-refractivity contribution is -0.129. The fourth-order valence-corrected chi connectivity index (χ4v) is 2.58. The fraction of sp³-hybridized carbons (Fsp3) is 0. The van der Waals surface area contributed by atoms with Crippen LogP contribution in [-0.4, -0.2) is 11.8 Å². The van der Waals surface area contributed by atoms with Gasteiger partial charge in [-0.05, 0) is 30.3 Å². The minimum atomic E-state index is -0.850. The van der Waals surface area contributed by atoms with Crippen LogP contribution in [0.4, 0.5) is 0 Å². The van der Waals surface area contributed by atoms with Gasteiger partial charge in [0.2, 0.25) is 0 Å². The number of para-hydroxylation sites is 1. The molecule has 0 aromatic heterocycles. The zero-order valence-corrected chi connectivity index (χ0v) is 11.4. The Morgan fingerprint density at radius 3 is 2.45 bits per heavy atom. The molecule has 0 fully saturated rings. The fourth-order valence-electron chi connectivity index (χ4n) is 2.58. The molecule has 0 amide bonds. The zero-order valence-electron chi connectivity index (χ0n) is 11.4. The lowest BCUT2D eigenvalue weighted by Crippen LogP contribution is -2.24. The number of esters is 1. The summed E-state index contributed by atoms with van der Waals surface area (Å²) in [4.78, 5) is 23.5. The summed E-state index contributed by atoms with van der Waals surface area (Å²) in [5, 5.41) is 1.35. The van der Waals surface area contributed by atoms with Crippen molar-refractivity contribution in [3.05, 3.63) is 66.2 Å². The molecular formula is C18H10O4. The second-order valence-electron chi connectivity index (χ2n) is 4.92. The summed E-state index contributed by atoms with van der Waals surface area (Å²) in [5.74, 6) is 0.210. The highest BCUT2D eigenvalue weighted by Gasteiger charge is 2.29. The molecule has 0 radical (unpaired) electrons. The van der Waals surface area contributed by atoms with Crippen LogP contribution in [0.2, 0.25) is 0 Å². The number of carbonyl (C=O) groups is 2. The quantitative estimate of drug-likeness (QED) is 0.410. The van der Waals surface area contributed by atoms with Gasteiger partial charge in [-0.1, -0.05) is 30.3 Å². The summed E-state index contributed by atoms with van der Waals surface area (Å²) in [6.45, 7) is 0. The first-order valence-electron chi connectivity index (χ1n) is 6.79. The summed E-state index contributed by atoms with van der Waals surface area (Å²) in [5.41, 5.74) is 0.349. The molecule has 0 atom stereocenters. The van der Waals surface area contributed by atoms with E-state index < -0.39 is 11.8 Å². The average Bonchev–Trinajstić information content (AvgIpc) is 2.55. The molecular weight excluding hydrogens is 280 g/mol. The van der Waals surface area contributed by atoms with Crippen LogP contribution < -0.4 is 9.47 Å². The van der Waals surface area contributed by atoms with Gasteiger partial charge in [0, 0.05) is 16.3 Å². The van der Waals surface area contributed by atoms with Crippen LogP contribution in [0.3, 0.4) is 0 Å². The van der Waals surface area contributed by atoms with E-state index in [4.69, 9.17) is 9.47 Å². The maximum atomic E-state index is 12.0. The van der Waals surface area contributed by atoms with Crippen LogP contribution in [0.5, 0.6) is 17.2 Å². The van der Waals surface area contributed by atoms with Crippen molar-refractivity contribution in [3.63, 3.8) is 0 Å². The lowest BCUT2D eigenvalue weighted by Gasteiger charge is -2.17. The van der Waals surface area contributed by atoms with Crippen molar-refractivity contribution in [1.29, 1.82) is 0 Å². The van der Waals surface area contributed by atoms with E-state index in [0.29, 0.717) is 28.2 Å². The molecule has 3 aromatic carbocycles. The average molecular weight is 290 g/mol. The monoisotopic (exact) mass is 290 g/mol. The molecule has 1 aliphatic heterocycles. The van der Waals surface area contributed by atoms with Crippen LogP contribution in [0.25, 0.3) is 10.8 Å². The molecule has 1 heterocycles. The molecule has 0 saturated heterocycles. The molecule has 106 valence electrons. The number of rotatable bonds is 2. The van der Waals surface area contributed by atoms with Gasteiger partial charge in [0.05, 0.1) is 0 Å². The topological polar surface area (TPSA) is 52.6 Å². The summed E-state index contributed by atoms with van der Waals surface area (Å²) in [6.07, 6.45) is 0. The van der Waals surface area contributed by atoms with Crippen LogP contribution in [0.15, 0.2) is 60.7 Å². The Labute approximate surface area is 125 Å². The normalized spacial score (nSPS) is 13.1. The Morgan fingerprint density at radius 1 is 0.818 bits per heavy atom. The molecule has 3 aromatic rings. The SMILES string of the molecule is O=C1Oc2cccc3c(Oc4ccccc4)ccc(c23)C1=O. The maximum absolute atomic E-state index is 12.0. The predicted molar refractivity (Wildman–Crippen MR) is 80.4 cm³/mol. The van der Waals surface area contributed by atoms with Gasteiger partial charge >= 0.3 is 5.97 Å². The van der Waals surface area contributed by atoms with Gasteiger partial charge in [0.15, 0.2) is 0 Å². The Morgan fingerprint density at radius 2 is 1.64 bits per heavy atom. The number of benzene rings is 3. The highest BCUT2D eigenvalue weighted by atomic mass is 16.5. The number of ketones is 1. The highest BCUT2D eigenvalue weighted by Crippen LogP contribution is 2.39. The van der Waals surface area contributed by atoms with Gasteiger partial charge in [0.1, 0.15) is 17.2 Å². The van der Waals surface area contributed by atoms with Crippen molar-refractivity contribution < 1.29 is 19.1 Å². The van der Waals surface area contributed by atoms with Gasteiger partial charge in [-0.2, -0.15) is 0 Å². The summed E-state index contributed by atoms with van der Waals surface area (Å²) in [6, 6.07) is 17.9. The molecule has 1 aliphatic rings. The molecule has 0 aliphatic carbocycles. The van der Waals surface area contributed by atoms with Crippen molar-refractivity contribution in [2.24, 2.45) is 0 Å². The molecule has 0 unspecified atom stereocenters. The van der Waals surface area contributed by atoms with E-state index >= 15 is 0 Å². The van der Waals surface area contributed by atoms with Gasteiger partial charge in [-0.25, -0.2) is 4.79 Å². The molecule has 4 nitrogen and oxygen atoms in total. The van der Waals surface area contributed by atoms with Crippen molar-refractivity contribution in [3.8, 4) is 17.2 Å². The lowest BCUT2D eigenvalue weighted by atomic mass is 9.98. The van der Waals surface area contributed by atoms with E-state index in [1.54, 1.807) is 24.3 Å².